The molecule has 4 N–H and O–H groups in total. The van der Waals surface area contributed by atoms with Crippen LogP contribution in [0.25, 0.3) is 0 Å². The van der Waals surface area contributed by atoms with Gasteiger partial charge in [-0.05, 0) is 25.7 Å². The average Bonchev–Trinajstić information content (AvgIpc) is 3.61. The first-order valence-electron chi connectivity index (χ1n) is 15.7. The Labute approximate surface area is 279 Å². The van der Waals surface area contributed by atoms with E-state index in [2.05, 4.69) is 26.0 Å². The van der Waals surface area contributed by atoms with Crippen molar-refractivity contribution in [3.63, 3.8) is 0 Å². The molecular weight excluding hydrogens is 668 g/mol. The molecule has 2 aliphatic rings. The molecule has 1 aromatic carbocycles. The quantitative estimate of drug-likeness (QED) is 0.0312. The summed E-state index contributed by atoms with van der Waals surface area (Å²) in [4.78, 5) is 46.8. The largest absolute Gasteiger partial charge is 0.418 e. The normalized spacial score (nSPS) is 18.2. The number of amides is 4. The summed E-state index contributed by atoms with van der Waals surface area (Å²) < 4.78 is 78.7. The summed E-state index contributed by atoms with van der Waals surface area (Å²) in [6, 6.07) is 0.304. The SMILES string of the molecule is O=C(CCCCC1SCC2NC(=O)NC21)NCCCOCCOCCOCCCNC(=O)COCC(=O)Oc1c(F)c(F)cc(F)c1F. The molecule has 0 saturated carbocycles. The predicted octanol–water partition coefficient (Wildman–Crippen LogP) is 1.95. The van der Waals surface area contributed by atoms with Gasteiger partial charge in [-0.2, -0.15) is 20.5 Å². The van der Waals surface area contributed by atoms with Gasteiger partial charge in [0.25, 0.3) is 0 Å². The standard InChI is InChI=1S/C30H42F4N4O9S/c31-19-15-20(32)27(34)29(26(19)33)47-25(41)17-46-16-24(40)36-8-4-10-44-12-14-45-13-11-43-9-3-7-35-23(39)6-2-1-5-22-28-21(18-48-22)37-30(42)38-28/h15,21-22,28H,1-14,16-18H2,(H,35,39)(H,36,40)(H2,37,38,42). The van der Waals surface area contributed by atoms with Crippen LogP contribution in [0.4, 0.5) is 22.4 Å². The second-order valence-electron chi connectivity index (χ2n) is 10.9. The fraction of sp³-hybridized carbons (Fsp3) is 0.667. The van der Waals surface area contributed by atoms with Crippen LogP contribution in [0.2, 0.25) is 0 Å². The number of rotatable bonds is 24. The zero-order chi connectivity index (χ0) is 34.7. The predicted molar refractivity (Wildman–Crippen MR) is 164 cm³/mol. The molecule has 3 rings (SSSR count). The Bertz CT molecular complexity index is 1190. The summed E-state index contributed by atoms with van der Waals surface area (Å²) in [5.41, 5.74) is 0. The molecule has 18 heteroatoms. The average molecular weight is 711 g/mol. The van der Waals surface area contributed by atoms with E-state index in [0.717, 1.165) is 25.0 Å². The Balaban J connectivity index is 1.03. The van der Waals surface area contributed by atoms with Crippen LogP contribution in [0.15, 0.2) is 6.07 Å². The molecule has 0 bridgehead atoms. The molecule has 0 aliphatic carbocycles. The molecule has 3 atom stereocenters. The molecule has 2 heterocycles. The minimum absolute atomic E-state index is 0.0271. The van der Waals surface area contributed by atoms with Gasteiger partial charge < -0.3 is 45.0 Å². The van der Waals surface area contributed by atoms with Crippen LogP contribution in [0.5, 0.6) is 5.75 Å². The molecular formula is C30H42F4N4O9S. The number of hydrogen-bond acceptors (Lipinski definition) is 10. The van der Waals surface area contributed by atoms with Gasteiger partial charge in [-0.3, -0.25) is 9.59 Å². The van der Waals surface area contributed by atoms with E-state index in [1.165, 1.54) is 0 Å². The summed E-state index contributed by atoms with van der Waals surface area (Å²) in [5, 5.41) is 11.7. The molecule has 2 fully saturated rings. The maximum Gasteiger partial charge on any atom is 0.337 e. The first kappa shape index (κ1) is 39.3. The highest BCUT2D eigenvalue weighted by Gasteiger charge is 2.42. The van der Waals surface area contributed by atoms with Crippen LogP contribution in [-0.4, -0.2) is 113 Å². The Hall–Kier alpha value is -3.19. The number of carbonyl (C=O) groups is 4. The van der Waals surface area contributed by atoms with Crippen molar-refractivity contribution in [1.82, 2.24) is 21.3 Å². The highest BCUT2D eigenvalue weighted by atomic mass is 32.2. The first-order chi connectivity index (χ1) is 23.2. The Morgan fingerprint density at radius 3 is 2.02 bits per heavy atom. The van der Waals surface area contributed by atoms with Crippen molar-refractivity contribution in [1.29, 1.82) is 0 Å². The van der Waals surface area contributed by atoms with E-state index in [0.29, 0.717) is 70.7 Å². The zero-order valence-corrected chi connectivity index (χ0v) is 27.2. The first-order valence-corrected chi connectivity index (χ1v) is 16.8. The molecule has 1 aromatic rings. The smallest absolute Gasteiger partial charge is 0.337 e. The van der Waals surface area contributed by atoms with Gasteiger partial charge in [-0.1, -0.05) is 6.42 Å². The number of hydrogen-bond donors (Lipinski definition) is 4. The van der Waals surface area contributed by atoms with Crippen LogP contribution in [-0.2, 0) is 33.3 Å². The number of carbonyl (C=O) groups excluding carboxylic acids is 4. The zero-order valence-electron chi connectivity index (χ0n) is 26.4. The summed E-state index contributed by atoms with van der Waals surface area (Å²) in [7, 11) is 0. The van der Waals surface area contributed by atoms with E-state index >= 15 is 0 Å². The number of nitrogens with one attached hydrogen (secondary N) is 4. The molecule has 2 aliphatic heterocycles. The van der Waals surface area contributed by atoms with Crippen molar-refractivity contribution >= 4 is 35.6 Å². The van der Waals surface area contributed by atoms with Crippen molar-refractivity contribution in [3.05, 3.63) is 29.3 Å². The maximum absolute atomic E-state index is 13.5. The van der Waals surface area contributed by atoms with Crippen molar-refractivity contribution in [2.45, 2.75) is 55.9 Å². The molecule has 4 amide bonds. The molecule has 2 saturated heterocycles. The number of fused-ring (bicyclic) bond motifs is 1. The van der Waals surface area contributed by atoms with Gasteiger partial charge in [-0.15, -0.1) is 0 Å². The molecule has 48 heavy (non-hydrogen) atoms. The van der Waals surface area contributed by atoms with E-state index in [1.54, 1.807) is 0 Å². The number of unbranched alkanes of at least 4 members (excludes halogenated alkanes) is 1. The fourth-order valence-electron chi connectivity index (χ4n) is 4.77. The Kier molecular flexibility index (Phi) is 17.8. The van der Waals surface area contributed by atoms with E-state index in [4.69, 9.17) is 18.9 Å². The van der Waals surface area contributed by atoms with Crippen LogP contribution >= 0.6 is 11.8 Å². The highest BCUT2D eigenvalue weighted by molar-refractivity contribution is 8.00. The lowest BCUT2D eigenvalue weighted by molar-refractivity contribution is -0.141. The second kappa shape index (κ2) is 21.7. The fourth-order valence-corrected chi connectivity index (χ4v) is 6.31. The van der Waals surface area contributed by atoms with Gasteiger partial charge in [0.05, 0.1) is 38.5 Å². The van der Waals surface area contributed by atoms with Crippen LogP contribution in [0, 0.1) is 23.3 Å². The lowest BCUT2D eigenvalue weighted by atomic mass is 10.0. The monoisotopic (exact) mass is 710 g/mol. The van der Waals surface area contributed by atoms with Crippen molar-refractivity contribution in [2.24, 2.45) is 0 Å². The van der Waals surface area contributed by atoms with Crippen LogP contribution in [0.3, 0.4) is 0 Å². The van der Waals surface area contributed by atoms with Gasteiger partial charge in [0, 0.05) is 49.8 Å². The Morgan fingerprint density at radius 2 is 1.38 bits per heavy atom. The third-order valence-corrected chi connectivity index (χ3v) is 8.65. The topological polar surface area (TPSA) is 163 Å². The van der Waals surface area contributed by atoms with Crippen LogP contribution in [0.1, 0.15) is 38.5 Å². The van der Waals surface area contributed by atoms with Gasteiger partial charge in [0.1, 0.15) is 13.2 Å². The molecule has 13 nitrogen and oxygen atoms in total. The lowest BCUT2D eigenvalue weighted by Crippen LogP contribution is -2.36. The summed E-state index contributed by atoms with van der Waals surface area (Å²) in [5.74, 6) is -9.71. The molecule has 0 spiro atoms. The minimum Gasteiger partial charge on any atom is -0.418 e. The van der Waals surface area contributed by atoms with Gasteiger partial charge in [0.15, 0.2) is 11.6 Å². The summed E-state index contributed by atoms with van der Waals surface area (Å²) in [6.07, 6.45) is 4.41. The number of ether oxygens (including phenoxy) is 5. The van der Waals surface area contributed by atoms with Crippen molar-refractivity contribution < 1.29 is 60.4 Å². The van der Waals surface area contributed by atoms with E-state index in [9.17, 15) is 36.7 Å². The third kappa shape index (κ3) is 14.1. The summed E-state index contributed by atoms with van der Waals surface area (Å²) in [6.45, 7) is 1.69. The Morgan fingerprint density at radius 1 is 0.771 bits per heavy atom. The van der Waals surface area contributed by atoms with Gasteiger partial charge in [-0.25, -0.2) is 18.4 Å². The molecule has 270 valence electrons. The minimum atomic E-state index is -1.87. The van der Waals surface area contributed by atoms with E-state index in [1.807, 2.05) is 11.8 Å². The van der Waals surface area contributed by atoms with E-state index < -0.39 is 54.1 Å². The maximum atomic E-state index is 13.5. The van der Waals surface area contributed by atoms with Gasteiger partial charge >= 0.3 is 12.0 Å². The number of benzene rings is 1. The molecule has 3 unspecified atom stereocenters. The van der Waals surface area contributed by atoms with Crippen molar-refractivity contribution in [3.8, 4) is 5.75 Å². The molecule has 0 aromatic heterocycles. The number of halogens is 4. The van der Waals surface area contributed by atoms with E-state index in [-0.39, 0.29) is 36.6 Å². The number of thioether (sulfide) groups is 1. The summed E-state index contributed by atoms with van der Waals surface area (Å²) >= 11 is 1.88. The molecule has 0 radical (unpaired) electrons. The van der Waals surface area contributed by atoms with Crippen LogP contribution < -0.4 is 26.0 Å². The highest BCUT2D eigenvalue weighted by Crippen LogP contribution is 2.33. The lowest BCUT2D eigenvalue weighted by Gasteiger charge is -2.16. The van der Waals surface area contributed by atoms with Gasteiger partial charge in [0.2, 0.25) is 29.2 Å². The third-order valence-electron chi connectivity index (χ3n) is 7.14. The van der Waals surface area contributed by atoms with Crippen molar-refractivity contribution in [2.75, 3.05) is 71.7 Å². The number of urea groups is 1. The second-order valence-corrected chi connectivity index (χ2v) is 12.1. The number of esters is 1.